The van der Waals surface area contributed by atoms with Crippen molar-refractivity contribution in [3.05, 3.63) is 42.5 Å². The van der Waals surface area contributed by atoms with Gasteiger partial charge in [0.2, 0.25) is 10.0 Å². The zero-order valence-electron chi connectivity index (χ0n) is 12.0. The van der Waals surface area contributed by atoms with Crippen molar-refractivity contribution < 1.29 is 8.42 Å². The fourth-order valence-electron chi connectivity index (χ4n) is 2.03. The molecule has 114 valence electrons. The number of nitrogens with one attached hydrogen (secondary N) is 3. The van der Waals surface area contributed by atoms with Crippen LogP contribution in [0.1, 0.15) is 19.2 Å². The van der Waals surface area contributed by atoms with Crippen molar-refractivity contribution in [2.45, 2.75) is 24.7 Å². The SMILES string of the molecule is CCNS(=O)(=O)c1ccccc1NCCCc1ncc[nH]1. The second-order valence-corrected chi connectivity index (χ2v) is 6.30. The second kappa shape index (κ2) is 7.24. The van der Waals surface area contributed by atoms with Crippen molar-refractivity contribution in [2.24, 2.45) is 0 Å². The minimum Gasteiger partial charge on any atom is -0.384 e. The smallest absolute Gasteiger partial charge is 0.242 e. The fraction of sp³-hybridized carbons (Fsp3) is 0.357. The molecule has 0 aliphatic heterocycles. The van der Waals surface area contributed by atoms with E-state index in [-0.39, 0.29) is 4.90 Å². The number of imidazole rings is 1. The van der Waals surface area contributed by atoms with Crippen LogP contribution in [-0.2, 0) is 16.4 Å². The normalized spacial score (nSPS) is 11.5. The van der Waals surface area contributed by atoms with E-state index in [2.05, 4.69) is 20.0 Å². The molecule has 1 aromatic carbocycles. The third kappa shape index (κ3) is 4.30. The number of rotatable bonds is 8. The predicted octanol–water partition coefficient (Wildman–Crippen LogP) is 1.75. The summed E-state index contributed by atoms with van der Waals surface area (Å²) in [4.78, 5) is 7.48. The molecule has 3 N–H and O–H groups in total. The van der Waals surface area contributed by atoms with E-state index in [0.717, 1.165) is 18.7 Å². The minimum atomic E-state index is -3.45. The molecule has 0 radical (unpaired) electrons. The summed E-state index contributed by atoms with van der Waals surface area (Å²) >= 11 is 0. The highest BCUT2D eigenvalue weighted by Gasteiger charge is 2.16. The molecule has 0 spiro atoms. The third-order valence-corrected chi connectivity index (χ3v) is 4.58. The van der Waals surface area contributed by atoms with Crippen molar-refractivity contribution in [3.8, 4) is 0 Å². The molecule has 0 unspecified atom stereocenters. The summed E-state index contributed by atoms with van der Waals surface area (Å²) in [5.74, 6) is 0.936. The number of para-hydroxylation sites is 1. The van der Waals surface area contributed by atoms with Gasteiger partial charge in [0.05, 0.1) is 5.69 Å². The van der Waals surface area contributed by atoms with Crippen LogP contribution < -0.4 is 10.0 Å². The number of hydrogen-bond donors (Lipinski definition) is 3. The summed E-state index contributed by atoms with van der Waals surface area (Å²) in [5, 5.41) is 3.18. The van der Waals surface area contributed by atoms with Gasteiger partial charge in [-0.3, -0.25) is 0 Å². The lowest BCUT2D eigenvalue weighted by atomic mass is 10.2. The van der Waals surface area contributed by atoms with Crippen LogP contribution in [0.5, 0.6) is 0 Å². The molecule has 0 aliphatic rings. The topological polar surface area (TPSA) is 86.9 Å². The number of sulfonamides is 1. The van der Waals surface area contributed by atoms with Gasteiger partial charge in [-0.05, 0) is 18.6 Å². The van der Waals surface area contributed by atoms with Crippen molar-refractivity contribution in [1.82, 2.24) is 14.7 Å². The Labute approximate surface area is 125 Å². The summed E-state index contributed by atoms with van der Waals surface area (Å²) in [5.41, 5.74) is 0.623. The van der Waals surface area contributed by atoms with E-state index in [0.29, 0.717) is 18.8 Å². The van der Waals surface area contributed by atoms with E-state index in [4.69, 9.17) is 0 Å². The van der Waals surface area contributed by atoms with Crippen LogP contribution in [0.15, 0.2) is 41.6 Å². The zero-order valence-corrected chi connectivity index (χ0v) is 12.8. The predicted molar refractivity (Wildman–Crippen MR) is 82.7 cm³/mol. The summed E-state index contributed by atoms with van der Waals surface area (Å²) in [6, 6.07) is 6.92. The van der Waals surface area contributed by atoms with E-state index in [9.17, 15) is 8.42 Å². The zero-order chi connectivity index (χ0) is 15.1. The van der Waals surface area contributed by atoms with Crippen LogP contribution in [0.25, 0.3) is 0 Å². The molecule has 1 heterocycles. The molecule has 2 rings (SSSR count). The number of nitrogens with zero attached hydrogens (tertiary/aromatic N) is 1. The molecular formula is C14H20N4O2S. The van der Waals surface area contributed by atoms with Gasteiger partial charge in [0.25, 0.3) is 0 Å². The van der Waals surface area contributed by atoms with E-state index in [1.807, 2.05) is 6.07 Å². The Hall–Kier alpha value is -1.86. The Morgan fingerprint density at radius 1 is 1.29 bits per heavy atom. The van der Waals surface area contributed by atoms with Gasteiger partial charge in [-0.1, -0.05) is 19.1 Å². The van der Waals surface area contributed by atoms with Gasteiger partial charge < -0.3 is 10.3 Å². The largest absolute Gasteiger partial charge is 0.384 e. The van der Waals surface area contributed by atoms with E-state index < -0.39 is 10.0 Å². The summed E-state index contributed by atoms with van der Waals surface area (Å²) in [6.45, 7) is 2.81. The average Bonchev–Trinajstić information content (AvgIpc) is 2.97. The van der Waals surface area contributed by atoms with E-state index in [1.165, 1.54) is 0 Å². The fourth-order valence-corrected chi connectivity index (χ4v) is 3.25. The molecule has 0 bridgehead atoms. The Kier molecular flexibility index (Phi) is 5.35. The van der Waals surface area contributed by atoms with Gasteiger partial charge in [0, 0.05) is 31.9 Å². The first-order valence-corrected chi connectivity index (χ1v) is 8.42. The molecule has 0 saturated heterocycles. The Morgan fingerprint density at radius 2 is 2.10 bits per heavy atom. The van der Waals surface area contributed by atoms with Gasteiger partial charge in [0.15, 0.2) is 0 Å². The molecule has 0 saturated carbocycles. The van der Waals surface area contributed by atoms with Crippen molar-refractivity contribution in [2.75, 3.05) is 18.4 Å². The number of aromatic amines is 1. The van der Waals surface area contributed by atoms with Crippen LogP contribution in [0.3, 0.4) is 0 Å². The summed E-state index contributed by atoms with van der Waals surface area (Å²) in [6.07, 6.45) is 5.20. The molecule has 6 nitrogen and oxygen atoms in total. The summed E-state index contributed by atoms with van der Waals surface area (Å²) in [7, 11) is -3.45. The minimum absolute atomic E-state index is 0.282. The van der Waals surface area contributed by atoms with Gasteiger partial charge in [-0.25, -0.2) is 18.1 Å². The van der Waals surface area contributed by atoms with Crippen LogP contribution in [0.4, 0.5) is 5.69 Å². The number of aromatic nitrogens is 2. The third-order valence-electron chi connectivity index (χ3n) is 2.97. The van der Waals surface area contributed by atoms with Crippen molar-refractivity contribution in [1.29, 1.82) is 0 Å². The molecule has 0 atom stereocenters. The maximum atomic E-state index is 12.1. The van der Waals surface area contributed by atoms with Crippen LogP contribution in [-0.4, -0.2) is 31.5 Å². The van der Waals surface area contributed by atoms with E-state index >= 15 is 0 Å². The quantitative estimate of drug-likeness (QED) is 0.648. The van der Waals surface area contributed by atoms with Crippen molar-refractivity contribution in [3.63, 3.8) is 0 Å². The molecule has 2 aromatic rings. The number of aryl methyl sites for hydroxylation is 1. The second-order valence-electron chi connectivity index (χ2n) is 4.56. The maximum absolute atomic E-state index is 12.1. The molecular weight excluding hydrogens is 288 g/mol. The van der Waals surface area contributed by atoms with Gasteiger partial charge in [-0.2, -0.15) is 0 Å². The Bertz CT molecular complexity index is 653. The van der Waals surface area contributed by atoms with Crippen LogP contribution in [0.2, 0.25) is 0 Å². The molecule has 21 heavy (non-hydrogen) atoms. The lowest BCUT2D eigenvalue weighted by Crippen LogP contribution is -2.24. The number of hydrogen-bond acceptors (Lipinski definition) is 4. The van der Waals surface area contributed by atoms with Crippen molar-refractivity contribution >= 4 is 15.7 Å². The molecule has 0 amide bonds. The number of H-pyrrole nitrogens is 1. The maximum Gasteiger partial charge on any atom is 0.242 e. The highest BCUT2D eigenvalue weighted by Crippen LogP contribution is 2.20. The van der Waals surface area contributed by atoms with Crippen LogP contribution >= 0.6 is 0 Å². The number of anilines is 1. The molecule has 1 aromatic heterocycles. The first kappa shape index (κ1) is 15.5. The highest BCUT2D eigenvalue weighted by molar-refractivity contribution is 7.89. The lowest BCUT2D eigenvalue weighted by molar-refractivity contribution is 0.584. The highest BCUT2D eigenvalue weighted by atomic mass is 32.2. The van der Waals surface area contributed by atoms with E-state index in [1.54, 1.807) is 37.5 Å². The Morgan fingerprint density at radius 3 is 2.81 bits per heavy atom. The monoisotopic (exact) mass is 308 g/mol. The first-order chi connectivity index (χ1) is 10.1. The first-order valence-electron chi connectivity index (χ1n) is 6.94. The molecule has 7 heteroatoms. The van der Waals surface area contributed by atoms with Crippen LogP contribution in [0, 0.1) is 0 Å². The standard InChI is InChI=1S/C14H20N4O2S/c1-2-18-21(19,20)13-7-4-3-6-12(13)15-9-5-8-14-16-10-11-17-14/h3-4,6-7,10-11,15,18H,2,5,8-9H2,1H3,(H,16,17). The Balaban J connectivity index is 1.97. The number of benzene rings is 1. The van der Waals surface area contributed by atoms with Gasteiger partial charge in [0.1, 0.15) is 10.7 Å². The molecule has 0 aliphatic carbocycles. The van der Waals surface area contributed by atoms with Gasteiger partial charge in [-0.15, -0.1) is 0 Å². The average molecular weight is 308 g/mol. The molecule has 0 fully saturated rings. The van der Waals surface area contributed by atoms with Gasteiger partial charge >= 0.3 is 0 Å². The lowest BCUT2D eigenvalue weighted by Gasteiger charge is -2.12. The summed E-state index contributed by atoms with van der Waals surface area (Å²) < 4.78 is 26.7.